The molecule has 1 heterocycles. The summed E-state index contributed by atoms with van der Waals surface area (Å²) in [5.41, 5.74) is 3.32. The highest BCUT2D eigenvalue weighted by Gasteiger charge is 2.21. The van der Waals surface area contributed by atoms with E-state index in [1.165, 1.54) is 0 Å². The van der Waals surface area contributed by atoms with E-state index in [2.05, 4.69) is 26.0 Å². The van der Waals surface area contributed by atoms with Gasteiger partial charge in [0.2, 0.25) is 10.0 Å². The zero-order valence-electron chi connectivity index (χ0n) is 13.6. The first-order valence-electron chi connectivity index (χ1n) is 7.71. The van der Waals surface area contributed by atoms with Crippen LogP contribution < -0.4 is 10.0 Å². The first-order chi connectivity index (χ1) is 11.8. The Morgan fingerprint density at radius 1 is 1.08 bits per heavy atom. The molecule has 132 valence electrons. The number of carbonyl (C=O) groups excluding carboxylic acids is 1. The van der Waals surface area contributed by atoms with Crippen molar-refractivity contribution < 1.29 is 13.2 Å². The third-order valence-electron chi connectivity index (χ3n) is 3.90. The van der Waals surface area contributed by atoms with Gasteiger partial charge in [-0.2, -0.15) is 0 Å². The molecule has 1 aliphatic rings. The van der Waals surface area contributed by atoms with Crippen LogP contribution in [0.1, 0.15) is 11.1 Å². The quantitative estimate of drug-likeness (QED) is 0.793. The van der Waals surface area contributed by atoms with E-state index in [0.29, 0.717) is 18.8 Å². The second kappa shape index (κ2) is 7.05. The Balaban J connectivity index is 1.72. The highest BCUT2D eigenvalue weighted by molar-refractivity contribution is 9.10. The number of hydrogen-bond acceptors (Lipinski definition) is 3. The van der Waals surface area contributed by atoms with E-state index in [1.807, 2.05) is 30.3 Å². The van der Waals surface area contributed by atoms with Crippen molar-refractivity contribution in [1.29, 1.82) is 0 Å². The maximum absolute atomic E-state index is 12.5. The van der Waals surface area contributed by atoms with Crippen molar-refractivity contribution in [3.05, 3.63) is 58.1 Å². The second-order valence-electron chi connectivity index (χ2n) is 5.97. The van der Waals surface area contributed by atoms with Crippen LogP contribution in [-0.2, 0) is 23.0 Å². The molecule has 0 radical (unpaired) electrons. The molecule has 0 atom stereocenters. The lowest BCUT2D eigenvalue weighted by Gasteiger charge is -2.29. The molecule has 3 rings (SSSR count). The van der Waals surface area contributed by atoms with E-state index in [-0.39, 0.29) is 6.03 Å². The molecule has 0 aliphatic carbocycles. The lowest BCUT2D eigenvalue weighted by atomic mass is 9.99. The zero-order chi connectivity index (χ0) is 18.0. The third-order valence-corrected chi connectivity index (χ3v) is 5.04. The molecule has 0 saturated carbocycles. The van der Waals surface area contributed by atoms with E-state index < -0.39 is 10.0 Å². The van der Waals surface area contributed by atoms with Crippen molar-refractivity contribution in [1.82, 2.24) is 4.90 Å². The molecule has 2 amide bonds. The summed E-state index contributed by atoms with van der Waals surface area (Å²) in [4.78, 5) is 14.2. The molecule has 1 aliphatic heterocycles. The molecule has 0 saturated heterocycles. The van der Waals surface area contributed by atoms with Crippen molar-refractivity contribution in [2.24, 2.45) is 0 Å². The number of benzene rings is 2. The SMILES string of the molecule is CS(=O)(=O)Nc1ccc2c(c1)CN(C(=O)Nc1ccc(Br)cc1)CC2. The Morgan fingerprint density at radius 3 is 2.44 bits per heavy atom. The lowest BCUT2D eigenvalue weighted by molar-refractivity contribution is 0.206. The summed E-state index contributed by atoms with van der Waals surface area (Å²) in [6.07, 6.45) is 1.85. The van der Waals surface area contributed by atoms with Gasteiger partial charge in [0.15, 0.2) is 0 Å². The molecule has 0 aromatic heterocycles. The van der Waals surface area contributed by atoms with Crippen LogP contribution in [-0.4, -0.2) is 32.1 Å². The Morgan fingerprint density at radius 2 is 1.76 bits per heavy atom. The van der Waals surface area contributed by atoms with Gasteiger partial charge in [0.25, 0.3) is 0 Å². The molecule has 0 bridgehead atoms. The first-order valence-corrected chi connectivity index (χ1v) is 10.4. The molecule has 25 heavy (non-hydrogen) atoms. The fourth-order valence-electron chi connectivity index (χ4n) is 2.74. The number of amides is 2. The number of nitrogens with zero attached hydrogens (tertiary/aromatic N) is 1. The van der Waals surface area contributed by atoms with Crippen LogP contribution in [0.3, 0.4) is 0 Å². The number of hydrogen-bond donors (Lipinski definition) is 2. The number of carbonyl (C=O) groups is 1. The van der Waals surface area contributed by atoms with Gasteiger partial charge in [0, 0.05) is 28.9 Å². The van der Waals surface area contributed by atoms with E-state index in [1.54, 1.807) is 17.0 Å². The normalized spacial score (nSPS) is 13.9. The summed E-state index contributed by atoms with van der Waals surface area (Å²) in [6, 6.07) is 12.7. The van der Waals surface area contributed by atoms with Gasteiger partial charge in [-0.05, 0) is 53.9 Å². The van der Waals surface area contributed by atoms with E-state index in [0.717, 1.165) is 34.0 Å². The summed E-state index contributed by atoms with van der Waals surface area (Å²) in [5, 5.41) is 2.88. The topological polar surface area (TPSA) is 78.5 Å². The Kier molecular flexibility index (Phi) is 5.01. The lowest BCUT2D eigenvalue weighted by Crippen LogP contribution is -2.38. The third kappa shape index (κ3) is 4.73. The molecule has 6 nitrogen and oxygen atoms in total. The van der Waals surface area contributed by atoms with Crippen molar-refractivity contribution in [2.75, 3.05) is 22.8 Å². The van der Waals surface area contributed by atoms with Crippen molar-refractivity contribution in [2.45, 2.75) is 13.0 Å². The van der Waals surface area contributed by atoms with Gasteiger partial charge in [-0.1, -0.05) is 22.0 Å². The average Bonchev–Trinajstić information content (AvgIpc) is 2.55. The van der Waals surface area contributed by atoms with Gasteiger partial charge in [-0.15, -0.1) is 0 Å². The monoisotopic (exact) mass is 423 g/mol. The number of urea groups is 1. The summed E-state index contributed by atoms with van der Waals surface area (Å²) >= 11 is 3.36. The minimum atomic E-state index is -3.32. The van der Waals surface area contributed by atoms with E-state index in [9.17, 15) is 13.2 Å². The van der Waals surface area contributed by atoms with Crippen LogP contribution in [0.25, 0.3) is 0 Å². The molecule has 8 heteroatoms. The summed E-state index contributed by atoms with van der Waals surface area (Å²) in [7, 11) is -3.32. The van der Waals surface area contributed by atoms with E-state index >= 15 is 0 Å². The molecule has 2 aromatic rings. The maximum Gasteiger partial charge on any atom is 0.322 e. The predicted molar refractivity (Wildman–Crippen MR) is 102 cm³/mol. The van der Waals surface area contributed by atoms with Crippen molar-refractivity contribution >= 4 is 43.4 Å². The largest absolute Gasteiger partial charge is 0.322 e. The van der Waals surface area contributed by atoms with E-state index in [4.69, 9.17) is 0 Å². The summed E-state index contributed by atoms with van der Waals surface area (Å²) in [6.45, 7) is 1.06. The van der Waals surface area contributed by atoms with Gasteiger partial charge in [0.05, 0.1) is 6.26 Å². The summed E-state index contributed by atoms with van der Waals surface area (Å²) in [5.74, 6) is 0. The van der Waals surface area contributed by atoms with Crippen LogP contribution in [0, 0.1) is 0 Å². The minimum absolute atomic E-state index is 0.172. The number of nitrogens with one attached hydrogen (secondary N) is 2. The van der Waals surface area contributed by atoms with Crippen LogP contribution in [0.5, 0.6) is 0 Å². The van der Waals surface area contributed by atoms with Gasteiger partial charge in [-0.25, -0.2) is 13.2 Å². The highest BCUT2D eigenvalue weighted by Crippen LogP contribution is 2.24. The predicted octanol–water partition coefficient (Wildman–Crippen LogP) is 3.41. The molecule has 0 unspecified atom stereocenters. The number of sulfonamides is 1. The van der Waals surface area contributed by atoms with Gasteiger partial charge < -0.3 is 10.2 Å². The van der Waals surface area contributed by atoms with Gasteiger partial charge >= 0.3 is 6.03 Å². The molecule has 2 aromatic carbocycles. The smallest absolute Gasteiger partial charge is 0.320 e. The Labute approximate surface area is 155 Å². The van der Waals surface area contributed by atoms with Crippen LogP contribution in [0.4, 0.5) is 16.2 Å². The number of anilines is 2. The average molecular weight is 424 g/mol. The first kappa shape index (κ1) is 17.8. The van der Waals surface area contributed by atoms with Crippen LogP contribution >= 0.6 is 15.9 Å². The highest BCUT2D eigenvalue weighted by atomic mass is 79.9. The van der Waals surface area contributed by atoms with Gasteiger partial charge in [-0.3, -0.25) is 4.72 Å². The Hall–Kier alpha value is -2.06. The Bertz CT molecular complexity index is 898. The standard InChI is InChI=1S/C17H18BrN3O3S/c1-25(23,24)20-16-5-2-12-8-9-21(11-13(12)10-16)17(22)19-15-6-3-14(18)4-7-15/h2-7,10,20H,8-9,11H2,1H3,(H,19,22). The van der Waals surface area contributed by atoms with Crippen molar-refractivity contribution in [3.8, 4) is 0 Å². The zero-order valence-corrected chi connectivity index (χ0v) is 16.0. The molecule has 0 fully saturated rings. The minimum Gasteiger partial charge on any atom is -0.320 e. The number of rotatable bonds is 3. The number of halogens is 1. The molecule has 2 N–H and O–H groups in total. The molecular formula is C17H18BrN3O3S. The fourth-order valence-corrected chi connectivity index (χ4v) is 3.56. The maximum atomic E-state index is 12.5. The van der Waals surface area contributed by atoms with Crippen LogP contribution in [0.2, 0.25) is 0 Å². The molecular weight excluding hydrogens is 406 g/mol. The molecule has 0 spiro atoms. The van der Waals surface area contributed by atoms with Crippen LogP contribution in [0.15, 0.2) is 46.9 Å². The number of fused-ring (bicyclic) bond motifs is 1. The second-order valence-corrected chi connectivity index (χ2v) is 8.63. The summed E-state index contributed by atoms with van der Waals surface area (Å²) < 4.78 is 26.2. The van der Waals surface area contributed by atoms with Crippen molar-refractivity contribution in [3.63, 3.8) is 0 Å². The van der Waals surface area contributed by atoms with Gasteiger partial charge in [0.1, 0.15) is 0 Å². The fraction of sp³-hybridized carbons (Fsp3) is 0.235.